The molecule has 2 amide bonds. The number of fused-ring (bicyclic) bond motifs is 1. The van der Waals surface area contributed by atoms with Gasteiger partial charge in [-0.15, -0.1) is 11.6 Å². The Morgan fingerprint density at radius 1 is 1.32 bits per heavy atom. The van der Waals surface area contributed by atoms with Crippen LogP contribution in [0.1, 0.15) is 11.7 Å². The van der Waals surface area contributed by atoms with Crippen molar-refractivity contribution in [1.82, 2.24) is 25.3 Å². The van der Waals surface area contributed by atoms with Gasteiger partial charge in [-0.2, -0.15) is 33.4 Å². The highest BCUT2D eigenvalue weighted by Crippen LogP contribution is 2.39. The van der Waals surface area contributed by atoms with Crippen molar-refractivity contribution >= 4 is 29.5 Å². The van der Waals surface area contributed by atoms with E-state index in [4.69, 9.17) is 16.3 Å². The van der Waals surface area contributed by atoms with Gasteiger partial charge in [0.1, 0.15) is 17.3 Å². The number of nitriles is 1. The molecule has 0 fully saturated rings. The van der Waals surface area contributed by atoms with Gasteiger partial charge in [-0.3, -0.25) is 14.9 Å². The number of nitrogens with zero attached hydrogens (tertiary/aromatic N) is 7. The predicted molar refractivity (Wildman–Crippen MR) is 101 cm³/mol. The molecule has 2 aromatic rings. The topological polar surface area (TPSA) is 121 Å². The van der Waals surface area contributed by atoms with Crippen molar-refractivity contribution in [3.8, 4) is 11.8 Å². The normalized spacial score (nSPS) is 22.7. The van der Waals surface area contributed by atoms with Gasteiger partial charge >= 0.3 is 12.2 Å². The number of alkyl halides is 4. The van der Waals surface area contributed by atoms with E-state index in [1.165, 1.54) is 29.5 Å². The molecule has 2 unspecified atom stereocenters. The van der Waals surface area contributed by atoms with Crippen LogP contribution in [0.15, 0.2) is 41.6 Å². The highest BCUT2D eigenvalue weighted by molar-refractivity contribution is 6.22. The molecule has 160 valence electrons. The third-order valence-electron chi connectivity index (χ3n) is 4.42. The Bertz CT molecular complexity index is 1100. The number of carbonyl (C=O) groups is 1. The first kappa shape index (κ1) is 20.6. The number of ether oxygens (including phenoxy) is 1. The van der Waals surface area contributed by atoms with Gasteiger partial charge < -0.3 is 10.1 Å². The number of urea groups is 1. The summed E-state index contributed by atoms with van der Waals surface area (Å²) < 4.78 is 45.0. The number of dihydropyridines is 1. The second-order valence-corrected chi connectivity index (χ2v) is 6.95. The standard InChI is InChI=1S/C17H12ClF3N8O2/c18-11-3-10(6-24-15(11)29-25-1-2-26-29)27-16(30)28-8-13(17(19,20)21)31-14-9(4-22)5-23-7-12(14)28/h1-3,5-7,11,13,15H,8H2,(H,27,30)/t11-,13?,15?/m1/s1. The number of hydrogen-bond donors (Lipinski definition) is 1. The zero-order valence-corrected chi connectivity index (χ0v) is 16.1. The summed E-state index contributed by atoms with van der Waals surface area (Å²) in [6.07, 6.45) is 0.172. The summed E-state index contributed by atoms with van der Waals surface area (Å²) >= 11 is 6.27. The van der Waals surface area contributed by atoms with Gasteiger partial charge in [0, 0.05) is 12.4 Å². The Hall–Kier alpha value is -3.66. The average molecular weight is 453 g/mol. The van der Waals surface area contributed by atoms with Crippen LogP contribution in [0.2, 0.25) is 0 Å². The first-order valence-electron chi connectivity index (χ1n) is 8.73. The number of anilines is 1. The van der Waals surface area contributed by atoms with Crippen LogP contribution in [0.3, 0.4) is 0 Å². The van der Waals surface area contributed by atoms with E-state index in [0.717, 1.165) is 17.3 Å². The van der Waals surface area contributed by atoms with E-state index in [1.807, 2.05) is 0 Å². The number of nitrogens with one attached hydrogen (secondary N) is 1. The SMILES string of the molecule is N#Cc1cncc2c1OC(C(F)(F)F)CN2C(=O)NC1=C[C@@H](Cl)C(n2nccn2)N=C1. The lowest BCUT2D eigenvalue weighted by Crippen LogP contribution is -2.53. The lowest BCUT2D eigenvalue weighted by molar-refractivity contribution is -0.193. The van der Waals surface area contributed by atoms with Crippen molar-refractivity contribution in [2.75, 3.05) is 11.4 Å². The zero-order valence-electron chi connectivity index (χ0n) is 15.4. The molecule has 0 aliphatic carbocycles. The van der Waals surface area contributed by atoms with E-state index >= 15 is 0 Å². The van der Waals surface area contributed by atoms with Crippen molar-refractivity contribution in [3.63, 3.8) is 0 Å². The zero-order chi connectivity index (χ0) is 22.2. The molecule has 4 heterocycles. The summed E-state index contributed by atoms with van der Waals surface area (Å²) in [4.78, 5) is 22.9. The van der Waals surface area contributed by atoms with Gasteiger partial charge in [0.25, 0.3) is 0 Å². The first-order valence-corrected chi connectivity index (χ1v) is 9.16. The fraction of sp³-hybridized carbons (Fsp3) is 0.294. The van der Waals surface area contributed by atoms with Crippen LogP contribution in [0.25, 0.3) is 0 Å². The summed E-state index contributed by atoms with van der Waals surface area (Å²) in [5.74, 6) is -0.368. The molecule has 0 saturated carbocycles. The van der Waals surface area contributed by atoms with E-state index in [9.17, 15) is 23.2 Å². The molecule has 1 N–H and O–H groups in total. The number of rotatable bonds is 2. The number of allylic oxidation sites excluding steroid dienone is 1. The summed E-state index contributed by atoms with van der Waals surface area (Å²) in [5, 5.41) is 18.8. The number of amides is 2. The molecule has 3 atom stereocenters. The van der Waals surface area contributed by atoms with E-state index in [1.54, 1.807) is 6.07 Å². The minimum atomic E-state index is -4.76. The Labute approximate surface area is 177 Å². The molecule has 0 spiro atoms. The third-order valence-corrected chi connectivity index (χ3v) is 4.77. The number of carbonyl (C=O) groups excluding carboxylic acids is 1. The Morgan fingerprint density at radius 3 is 2.71 bits per heavy atom. The maximum Gasteiger partial charge on any atom is 0.427 e. The second kappa shape index (κ2) is 7.88. The van der Waals surface area contributed by atoms with Crippen LogP contribution in [-0.4, -0.2) is 56.4 Å². The number of aliphatic imine (C=N–C) groups is 1. The highest BCUT2D eigenvalue weighted by atomic mass is 35.5. The largest absolute Gasteiger partial charge is 0.475 e. The highest BCUT2D eigenvalue weighted by Gasteiger charge is 2.47. The maximum atomic E-state index is 13.3. The Kier molecular flexibility index (Phi) is 5.24. The Balaban J connectivity index is 1.58. The van der Waals surface area contributed by atoms with Crippen molar-refractivity contribution in [1.29, 1.82) is 5.26 Å². The van der Waals surface area contributed by atoms with Crippen LogP contribution >= 0.6 is 11.6 Å². The van der Waals surface area contributed by atoms with Crippen molar-refractivity contribution in [2.24, 2.45) is 4.99 Å². The molecule has 2 aliphatic heterocycles. The van der Waals surface area contributed by atoms with Crippen LogP contribution < -0.4 is 15.0 Å². The summed E-state index contributed by atoms with van der Waals surface area (Å²) in [5.41, 5.74) is -0.112. The van der Waals surface area contributed by atoms with Crippen LogP contribution in [-0.2, 0) is 0 Å². The molecule has 0 radical (unpaired) electrons. The molecule has 0 saturated heterocycles. The first-order chi connectivity index (χ1) is 14.8. The van der Waals surface area contributed by atoms with Crippen molar-refractivity contribution in [2.45, 2.75) is 23.8 Å². The molecule has 4 rings (SSSR count). The molecule has 14 heteroatoms. The van der Waals surface area contributed by atoms with Crippen LogP contribution in [0.5, 0.6) is 5.75 Å². The molecule has 2 aromatic heterocycles. The van der Waals surface area contributed by atoms with Crippen LogP contribution in [0.4, 0.5) is 23.7 Å². The maximum absolute atomic E-state index is 13.3. The minimum absolute atomic E-state index is 0.0635. The predicted octanol–water partition coefficient (Wildman–Crippen LogP) is 2.16. The fourth-order valence-electron chi connectivity index (χ4n) is 2.99. The van der Waals surface area contributed by atoms with Crippen molar-refractivity contribution in [3.05, 3.63) is 42.1 Å². The van der Waals surface area contributed by atoms with Gasteiger partial charge in [-0.05, 0) is 6.08 Å². The lowest BCUT2D eigenvalue weighted by atomic mass is 10.1. The lowest BCUT2D eigenvalue weighted by Gasteiger charge is -2.35. The van der Waals surface area contributed by atoms with Gasteiger partial charge in [-0.25, -0.2) is 4.79 Å². The molecule has 10 nitrogen and oxygen atoms in total. The number of halogens is 4. The third kappa shape index (κ3) is 4.02. The van der Waals surface area contributed by atoms with E-state index in [-0.39, 0.29) is 22.7 Å². The van der Waals surface area contributed by atoms with Crippen LogP contribution in [0, 0.1) is 11.3 Å². The van der Waals surface area contributed by atoms with E-state index in [0.29, 0.717) is 0 Å². The molecule has 2 aliphatic rings. The molecular formula is C17H12ClF3N8O2. The second-order valence-electron chi connectivity index (χ2n) is 6.44. The summed E-state index contributed by atoms with van der Waals surface area (Å²) in [6, 6.07) is 0.819. The minimum Gasteiger partial charge on any atom is -0.475 e. The number of hydrogen-bond acceptors (Lipinski definition) is 7. The average Bonchev–Trinajstić information content (AvgIpc) is 3.26. The van der Waals surface area contributed by atoms with E-state index < -0.39 is 36.4 Å². The van der Waals surface area contributed by atoms with Gasteiger partial charge in [0.2, 0.25) is 6.10 Å². The van der Waals surface area contributed by atoms with E-state index in [2.05, 4.69) is 25.5 Å². The van der Waals surface area contributed by atoms with Gasteiger partial charge in [-0.1, -0.05) is 0 Å². The van der Waals surface area contributed by atoms with Gasteiger partial charge in [0.05, 0.1) is 36.2 Å². The molecule has 0 bridgehead atoms. The summed E-state index contributed by atoms with van der Waals surface area (Å²) in [6.45, 7) is -0.826. The van der Waals surface area contributed by atoms with Gasteiger partial charge in [0.15, 0.2) is 11.9 Å². The monoisotopic (exact) mass is 452 g/mol. The molecule has 0 aromatic carbocycles. The fourth-order valence-corrected chi connectivity index (χ4v) is 3.30. The quantitative estimate of drug-likeness (QED) is 0.697. The van der Waals surface area contributed by atoms with Crippen molar-refractivity contribution < 1.29 is 22.7 Å². The number of pyridine rings is 1. The molecular weight excluding hydrogens is 441 g/mol. The number of aromatic nitrogens is 4. The smallest absolute Gasteiger partial charge is 0.427 e. The Morgan fingerprint density at radius 2 is 2.06 bits per heavy atom. The molecule has 31 heavy (non-hydrogen) atoms. The summed E-state index contributed by atoms with van der Waals surface area (Å²) in [7, 11) is 0.